The molecule has 0 aliphatic rings. The Labute approximate surface area is 117 Å². The van der Waals surface area contributed by atoms with Crippen LogP contribution in [0.3, 0.4) is 0 Å². The van der Waals surface area contributed by atoms with Crippen LogP contribution in [-0.2, 0) is 16.6 Å². The van der Waals surface area contributed by atoms with Crippen molar-refractivity contribution in [3.63, 3.8) is 0 Å². The van der Waals surface area contributed by atoms with E-state index in [1.807, 2.05) is 6.92 Å². The fraction of sp³-hybridized carbons (Fsp3) is 0.455. The standard InChI is InChI=1S/C11H15Cl2NO3S/c1-3-7(2)14-18(16,17)11-4-8(6-15)9(12)5-10(11)13/h4-5,7,14-15H,3,6H2,1-2H3. The molecule has 0 saturated heterocycles. The molecular weight excluding hydrogens is 297 g/mol. The predicted molar refractivity (Wildman–Crippen MR) is 72.5 cm³/mol. The lowest BCUT2D eigenvalue weighted by molar-refractivity contribution is 0.281. The number of benzene rings is 1. The van der Waals surface area contributed by atoms with Gasteiger partial charge in [0.25, 0.3) is 0 Å². The maximum atomic E-state index is 12.1. The number of hydrogen-bond acceptors (Lipinski definition) is 3. The SMILES string of the molecule is CCC(C)NS(=O)(=O)c1cc(CO)c(Cl)cc1Cl. The number of nitrogens with one attached hydrogen (secondary N) is 1. The van der Waals surface area contributed by atoms with Gasteiger partial charge in [0.05, 0.1) is 11.6 Å². The van der Waals surface area contributed by atoms with Gasteiger partial charge in [0.15, 0.2) is 0 Å². The van der Waals surface area contributed by atoms with Gasteiger partial charge >= 0.3 is 0 Å². The van der Waals surface area contributed by atoms with Gasteiger partial charge in [-0.3, -0.25) is 0 Å². The Hall–Kier alpha value is -0.330. The first-order valence-corrected chi connectivity index (χ1v) is 7.66. The molecular formula is C11H15Cl2NO3S. The minimum atomic E-state index is -3.70. The van der Waals surface area contributed by atoms with Crippen LogP contribution in [0.1, 0.15) is 25.8 Å². The molecule has 2 N–H and O–H groups in total. The summed E-state index contributed by atoms with van der Waals surface area (Å²) in [7, 11) is -3.70. The topological polar surface area (TPSA) is 66.4 Å². The van der Waals surface area contributed by atoms with Gasteiger partial charge < -0.3 is 5.11 Å². The van der Waals surface area contributed by atoms with Crippen molar-refractivity contribution in [2.75, 3.05) is 0 Å². The summed E-state index contributed by atoms with van der Waals surface area (Å²) in [5, 5.41) is 9.36. The molecule has 0 bridgehead atoms. The molecule has 1 aromatic carbocycles. The molecule has 0 radical (unpaired) electrons. The zero-order valence-electron chi connectivity index (χ0n) is 10.1. The predicted octanol–water partition coefficient (Wildman–Crippen LogP) is 2.56. The second kappa shape index (κ2) is 6.21. The smallest absolute Gasteiger partial charge is 0.242 e. The third-order valence-electron chi connectivity index (χ3n) is 2.53. The molecule has 0 aromatic heterocycles. The Morgan fingerprint density at radius 2 is 1.94 bits per heavy atom. The van der Waals surface area contributed by atoms with Crippen LogP contribution in [0.5, 0.6) is 0 Å². The van der Waals surface area contributed by atoms with Crippen LogP contribution in [0.25, 0.3) is 0 Å². The largest absolute Gasteiger partial charge is 0.392 e. The normalized spacial score (nSPS) is 13.6. The molecule has 0 saturated carbocycles. The summed E-state index contributed by atoms with van der Waals surface area (Å²) < 4.78 is 26.7. The number of halogens is 2. The lowest BCUT2D eigenvalue weighted by Gasteiger charge is -2.14. The zero-order chi connectivity index (χ0) is 13.9. The number of hydrogen-bond donors (Lipinski definition) is 2. The van der Waals surface area contributed by atoms with Gasteiger partial charge in [0.1, 0.15) is 4.90 Å². The second-order valence-electron chi connectivity index (χ2n) is 3.96. The van der Waals surface area contributed by atoms with Gasteiger partial charge in [-0.1, -0.05) is 30.1 Å². The number of aliphatic hydroxyl groups is 1. The number of rotatable bonds is 5. The van der Waals surface area contributed by atoms with E-state index in [0.29, 0.717) is 12.0 Å². The first-order valence-electron chi connectivity index (χ1n) is 5.43. The monoisotopic (exact) mass is 311 g/mol. The van der Waals surface area contributed by atoms with Gasteiger partial charge in [-0.25, -0.2) is 13.1 Å². The molecule has 0 spiro atoms. The molecule has 0 aliphatic carbocycles. The van der Waals surface area contributed by atoms with Crippen LogP contribution >= 0.6 is 23.2 Å². The van der Waals surface area contributed by atoms with E-state index in [1.54, 1.807) is 6.92 Å². The highest BCUT2D eigenvalue weighted by Gasteiger charge is 2.21. The Morgan fingerprint density at radius 1 is 1.33 bits per heavy atom. The van der Waals surface area contributed by atoms with Gasteiger partial charge in [0, 0.05) is 11.1 Å². The molecule has 0 fully saturated rings. The van der Waals surface area contributed by atoms with Crippen LogP contribution < -0.4 is 4.72 Å². The van der Waals surface area contributed by atoms with Crippen molar-refractivity contribution in [3.05, 3.63) is 27.7 Å². The first kappa shape index (κ1) is 15.7. The maximum Gasteiger partial charge on any atom is 0.242 e. The Balaban J connectivity index is 3.24. The fourth-order valence-electron chi connectivity index (χ4n) is 1.31. The van der Waals surface area contributed by atoms with Gasteiger partial charge in [0.2, 0.25) is 10.0 Å². The molecule has 18 heavy (non-hydrogen) atoms. The Bertz CT molecular complexity index is 531. The van der Waals surface area contributed by atoms with E-state index >= 15 is 0 Å². The summed E-state index contributed by atoms with van der Waals surface area (Å²) in [6.07, 6.45) is 0.664. The summed E-state index contributed by atoms with van der Waals surface area (Å²) in [5.74, 6) is 0. The lowest BCUT2D eigenvalue weighted by atomic mass is 10.2. The van der Waals surface area contributed by atoms with E-state index in [2.05, 4.69) is 4.72 Å². The third-order valence-corrected chi connectivity index (χ3v) is 4.94. The summed E-state index contributed by atoms with van der Waals surface area (Å²) in [6.45, 7) is 3.28. The van der Waals surface area contributed by atoms with Crippen LogP contribution in [0.2, 0.25) is 10.0 Å². The van der Waals surface area contributed by atoms with Crippen molar-refractivity contribution in [3.8, 4) is 0 Å². The molecule has 1 unspecified atom stereocenters. The summed E-state index contributed by atoms with van der Waals surface area (Å²) in [6, 6.07) is 2.41. The van der Waals surface area contributed by atoms with E-state index in [-0.39, 0.29) is 27.6 Å². The quantitative estimate of drug-likeness (QED) is 0.878. The van der Waals surface area contributed by atoms with Crippen molar-refractivity contribution in [1.29, 1.82) is 0 Å². The third kappa shape index (κ3) is 3.59. The van der Waals surface area contributed by atoms with E-state index in [0.717, 1.165) is 0 Å². The molecule has 1 aromatic rings. The van der Waals surface area contributed by atoms with Crippen LogP contribution in [0.4, 0.5) is 0 Å². The minimum absolute atomic E-state index is 0.0352. The lowest BCUT2D eigenvalue weighted by Crippen LogP contribution is -2.32. The summed E-state index contributed by atoms with van der Waals surface area (Å²) in [5.41, 5.74) is 0.325. The summed E-state index contributed by atoms with van der Waals surface area (Å²) in [4.78, 5) is -0.0714. The van der Waals surface area contributed by atoms with Gasteiger partial charge in [-0.2, -0.15) is 0 Å². The molecule has 1 atom stereocenters. The van der Waals surface area contributed by atoms with Crippen molar-refractivity contribution in [2.45, 2.75) is 37.8 Å². The molecule has 7 heteroatoms. The van der Waals surface area contributed by atoms with Crippen LogP contribution in [0.15, 0.2) is 17.0 Å². The van der Waals surface area contributed by atoms with E-state index < -0.39 is 10.0 Å². The number of sulfonamides is 1. The second-order valence-corrected chi connectivity index (χ2v) is 6.46. The molecule has 102 valence electrons. The average Bonchev–Trinajstić information content (AvgIpc) is 2.28. The first-order chi connectivity index (χ1) is 8.31. The van der Waals surface area contributed by atoms with E-state index in [9.17, 15) is 8.42 Å². The Morgan fingerprint density at radius 3 is 2.44 bits per heavy atom. The van der Waals surface area contributed by atoms with Gasteiger partial charge in [-0.05, 0) is 31.0 Å². The van der Waals surface area contributed by atoms with E-state index in [1.165, 1.54) is 12.1 Å². The van der Waals surface area contributed by atoms with Crippen molar-refractivity contribution in [1.82, 2.24) is 4.72 Å². The van der Waals surface area contributed by atoms with Crippen LogP contribution in [-0.4, -0.2) is 19.6 Å². The van der Waals surface area contributed by atoms with Gasteiger partial charge in [-0.15, -0.1) is 0 Å². The molecule has 1 rings (SSSR count). The molecule has 4 nitrogen and oxygen atoms in total. The van der Waals surface area contributed by atoms with Crippen molar-refractivity contribution >= 4 is 33.2 Å². The Kier molecular flexibility index (Phi) is 5.43. The molecule has 0 heterocycles. The molecule has 0 amide bonds. The van der Waals surface area contributed by atoms with Crippen LogP contribution in [0, 0.1) is 0 Å². The van der Waals surface area contributed by atoms with Crippen molar-refractivity contribution in [2.24, 2.45) is 0 Å². The van der Waals surface area contributed by atoms with Crippen molar-refractivity contribution < 1.29 is 13.5 Å². The highest BCUT2D eigenvalue weighted by atomic mass is 35.5. The fourth-order valence-corrected chi connectivity index (χ4v) is 3.49. The average molecular weight is 312 g/mol. The number of aliphatic hydroxyl groups excluding tert-OH is 1. The zero-order valence-corrected chi connectivity index (χ0v) is 12.4. The highest BCUT2D eigenvalue weighted by molar-refractivity contribution is 7.89. The summed E-state index contributed by atoms with van der Waals surface area (Å²) >= 11 is 11.7. The highest BCUT2D eigenvalue weighted by Crippen LogP contribution is 2.28. The van der Waals surface area contributed by atoms with E-state index in [4.69, 9.17) is 28.3 Å². The molecule has 0 aliphatic heterocycles. The maximum absolute atomic E-state index is 12.1. The minimum Gasteiger partial charge on any atom is -0.392 e.